The molecule has 30 heavy (non-hydrogen) atoms. The number of carbonyl (C=O) groups excluding carboxylic acids is 2. The van der Waals surface area contributed by atoms with Crippen LogP contribution in [0.2, 0.25) is 0 Å². The molecule has 2 aliphatic heterocycles. The first-order valence-electron chi connectivity index (χ1n) is 11.8. The molecule has 1 saturated carbocycles. The van der Waals surface area contributed by atoms with Gasteiger partial charge in [-0.3, -0.25) is 19.5 Å². The van der Waals surface area contributed by atoms with Gasteiger partial charge in [-0.15, -0.1) is 0 Å². The molecule has 2 saturated heterocycles. The first-order chi connectivity index (χ1) is 14.6. The number of unbranched alkanes of at least 4 members (excludes halogenated alkanes) is 1. The molecule has 0 radical (unpaired) electrons. The van der Waals surface area contributed by atoms with E-state index in [9.17, 15) is 9.59 Å². The maximum atomic E-state index is 12.7. The minimum Gasteiger partial charge on any atom is -0.356 e. The maximum absolute atomic E-state index is 12.7. The van der Waals surface area contributed by atoms with Crippen LogP contribution in [0.5, 0.6) is 0 Å². The molecule has 4 rings (SSSR count). The fraction of sp³-hybridized carbons (Fsp3) is 0.783. The molecule has 2 bridgehead atoms. The van der Waals surface area contributed by atoms with Gasteiger partial charge in [0.2, 0.25) is 11.8 Å². The third-order valence-electron chi connectivity index (χ3n) is 7.52. The van der Waals surface area contributed by atoms with E-state index in [1.807, 2.05) is 0 Å². The number of imide groups is 1. The van der Waals surface area contributed by atoms with Crippen molar-refractivity contribution in [3.8, 4) is 0 Å². The van der Waals surface area contributed by atoms with E-state index < -0.39 is 0 Å². The summed E-state index contributed by atoms with van der Waals surface area (Å²) in [5, 5.41) is 6.61. The minimum atomic E-state index is -0.104. The Morgan fingerprint density at radius 3 is 2.40 bits per heavy atom. The highest BCUT2D eigenvalue weighted by Crippen LogP contribution is 2.52. The number of rotatable bonds is 8. The molecule has 7 nitrogen and oxygen atoms in total. The normalized spacial score (nSPS) is 33.5. The molecule has 7 heteroatoms. The Kier molecular flexibility index (Phi) is 6.76. The lowest BCUT2D eigenvalue weighted by Gasteiger charge is -2.33. The number of hydrogen-bond acceptors (Lipinski definition) is 4. The summed E-state index contributed by atoms with van der Waals surface area (Å²) < 4.78 is 0. The van der Waals surface area contributed by atoms with E-state index in [1.54, 1.807) is 7.05 Å². The van der Waals surface area contributed by atoms with Crippen molar-refractivity contribution in [2.24, 2.45) is 28.7 Å². The van der Waals surface area contributed by atoms with Crippen molar-refractivity contribution < 1.29 is 9.59 Å². The van der Waals surface area contributed by atoms with Crippen LogP contribution >= 0.6 is 0 Å². The molecule has 0 aromatic heterocycles. The zero-order chi connectivity index (χ0) is 21.1. The highest BCUT2D eigenvalue weighted by atomic mass is 16.2. The Morgan fingerprint density at radius 1 is 1.03 bits per heavy atom. The molecule has 2 amide bonds. The van der Waals surface area contributed by atoms with Crippen LogP contribution in [0.15, 0.2) is 17.1 Å². The van der Waals surface area contributed by atoms with E-state index in [0.717, 1.165) is 31.4 Å². The van der Waals surface area contributed by atoms with Crippen LogP contribution < -0.4 is 10.6 Å². The predicted molar refractivity (Wildman–Crippen MR) is 118 cm³/mol. The van der Waals surface area contributed by atoms with E-state index in [0.29, 0.717) is 13.1 Å². The number of piperidine rings is 1. The monoisotopic (exact) mass is 415 g/mol. The number of amides is 2. The Bertz CT molecular complexity index is 676. The molecule has 2 N–H and O–H groups in total. The molecule has 0 aromatic carbocycles. The van der Waals surface area contributed by atoms with Crippen molar-refractivity contribution >= 4 is 17.8 Å². The second-order valence-corrected chi connectivity index (χ2v) is 9.34. The van der Waals surface area contributed by atoms with Crippen molar-refractivity contribution in [1.82, 2.24) is 20.4 Å². The summed E-state index contributed by atoms with van der Waals surface area (Å²) >= 11 is 0. The number of hydrogen-bond donors (Lipinski definition) is 2. The minimum absolute atomic E-state index is 0.0264. The lowest BCUT2D eigenvalue weighted by Crippen LogP contribution is -2.44. The first-order valence-corrected chi connectivity index (χ1v) is 11.8. The highest BCUT2D eigenvalue weighted by molar-refractivity contribution is 6.06. The summed E-state index contributed by atoms with van der Waals surface area (Å²) in [5.74, 6) is 1.13. The van der Waals surface area contributed by atoms with Gasteiger partial charge < -0.3 is 15.5 Å². The van der Waals surface area contributed by atoms with Gasteiger partial charge in [0.1, 0.15) is 0 Å². The second-order valence-electron chi connectivity index (χ2n) is 9.34. The number of aliphatic imine (C=N–C) groups is 1. The number of nitrogens with zero attached hydrogens (tertiary/aromatic N) is 3. The van der Waals surface area contributed by atoms with Gasteiger partial charge in [0.05, 0.1) is 11.8 Å². The highest BCUT2D eigenvalue weighted by Gasteiger charge is 2.58. The third kappa shape index (κ3) is 4.27. The smallest absolute Gasteiger partial charge is 0.233 e. The average molecular weight is 416 g/mol. The molecule has 0 aromatic rings. The number of allylic oxidation sites excluding steroid dienone is 2. The van der Waals surface area contributed by atoms with Gasteiger partial charge in [-0.05, 0) is 64.0 Å². The van der Waals surface area contributed by atoms with Gasteiger partial charge in [-0.1, -0.05) is 18.6 Å². The van der Waals surface area contributed by atoms with Gasteiger partial charge in [0.15, 0.2) is 5.96 Å². The average Bonchev–Trinajstić information content (AvgIpc) is 3.43. The Hall–Kier alpha value is -1.89. The van der Waals surface area contributed by atoms with Gasteiger partial charge in [0, 0.05) is 32.7 Å². The zero-order valence-corrected chi connectivity index (χ0v) is 18.5. The van der Waals surface area contributed by atoms with Crippen LogP contribution in [-0.2, 0) is 9.59 Å². The van der Waals surface area contributed by atoms with Gasteiger partial charge in [0.25, 0.3) is 0 Å². The molecule has 2 aliphatic carbocycles. The predicted octanol–water partition coefficient (Wildman–Crippen LogP) is 1.61. The second kappa shape index (κ2) is 9.50. The Labute approximate surface area is 180 Å². The molecule has 166 valence electrons. The van der Waals surface area contributed by atoms with Crippen LogP contribution in [0.3, 0.4) is 0 Å². The Balaban J connectivity index is 1.13. The number of carbonyl (C=O) groups is 2. The zero-order valence-electron chi connectivity index (χ0n) is 18.5. The van der Waals surface area contributed by atoms with Crippen LogP contribution in [-0.4, -0.2) is 73.4 Å². The summed E-state index contributed by atoms with van der Waals surface area (Å²) in [6, 6.07) is 0.725. The quantitative estimate of drug-likeness (QED) is 0.207. The molecule has 5 unspecified atom stereocenters. The van der Waals surface area contributed by atoms with Crippen LogP contribution in [0.4, 0.5) is 0 Å². The van der Waals surface area contributed by atoms with Crippen LogP contribution in [0.1, 0.15) is 45.4 Å². The topological polar surface area (TPSA) is 77.0 Å². The summed E-state index contributed by atoms with van der Waals surface area (Å²) in [6.07, 6.45) is 11.6. The lowest BCUT2D eigenvalue weighted by atomic mass is 9.85. The Morgan fingerprint density at radius 2 is 1.73 bits per heavy atom. The summed E-state index contributed by atoms with van der Waals surface area (Å²) in [4.78, 5) is 33.8. The largest absolute Gasteiger partial charge is 0.356 e. The number of guanidine groups is 1. The fourth-order valence-corrected chi connectivity index (χ4v) is 5.83. The van der Waals surface area contributed by atoms with E-state index in [4.69, 9.17) is 0 Å². The van der Waals surface area contributed by atoms with Gasteiger partial charge in [-0.2, -0.15) is 0 Å². The summed E-state index contributed by atoms with van der Waals surface area (Å²) in [6.45, 7) is 6.58. The van der Waals surface area contributed by atoms with Gasteiger partial charge >= 0.3 is 0 Å². The summed E-state index contributed by atoms with van der Waals surface area (Å²) in [5.41, 5.74) is 0. The lowest BCUT2D eigenvalue weighted by molar-refractivity contribution is -0.140. The molecule has 4 aliphatic rings. The van der Waals surface area contributed by atoms with Crippen LogP contribution in [0.25, 0.3) is 0 Å². The molecule has 5 atom stereocenters. The molecule has 2 heterocycles. The van der Waals surface area contributed by atoms with Crippen LogP contribution in [0, 0.1) is 23.7 Å². The number of nitrogens with one attached hydrogen (secondary N) is 2. The SMILES string of the molecule is CN=C(NCCCCN1CCCCC1C)NCCN1C(=O)C2C3C=CC(C3)C2C1=O. The van der Waals surface area contributed by atoms with E-state index >= 15 is 0 Å². The van der Waals surface area contributed by atoms with Crippen molar-refractivity contribution in [3.05, 3.63) is 12.2 Å². The van der Waals surface area contributed by atoms with E-state index in [1.165, 1.54) is 43.7 Å². The van der Waals surface area contributed by atoms with Crippen molar-refractivity contribution in [3.63, 3.8) is 0 Å². The molecule has 0 spiro atoms. The van der Waals surface area contributed by atoms with Gasteiger partial charge in [-0.25, -0.2) is 0 Å². The number of fused-ring (bicyclic) bond motifs is 5. The fourth-order valence-electron chi connectivity index (χ4n) is 5.83. The van der Waals surface area contributed by atoms with Crippen molar-refractivity contribution in [2.75, 3.05) is 39.8 Å². The molecular formula is C23H37N5O2. The maximum Gasteiger partial charge on any atom is 0.233 e. The molecule has 3 fully saturated rings. The van der Waals surface area contributed by atoms with Crippen molar-refractivity contribution in [2.45, 2.75) is 51.5 Å². The van der Waals surface area contributed by atoms with E-state index in [-0.39, 0.29) is 35.5 Å². The standard InChI is InChI=1S/C23H37N5O2/c1-16-7-3-5-12-27(16)13-6-4-10-25-23(24-2)26-11-14-28-21(29)19-17-8-9-18(15-17)20(19)22(28)30/h8-9,16-20H,3-7,10-15H2,1-2H3,(H2,24,25,26). The van der Waals surface area contributed by atoms with Crippen molar-refractivity contribution in [1.29, 1.82) is 0 Å². The third-order valence-corrected chi connectivity index (χ3v) is 7.52. The molecular weight excluding hydrogens is 378 g/mol. The first kappa shape index (κ1) is 21.3. The van der Waals surface area contributed by atoms with E-state index in [2.05, 4.69) is 39.6 Å². The number of likely N-dealkylation sites (tertiary alicyclic amines) is 2. The summed E-state index contributed by atoms with van der Waals surface area (Å²) in [7, 11) is 1.75.